The number of amides is 1. The van der Waals surface area contributed by atoms with Gasteiger partial charge in [0.05, 0.1) is 5.69 Å². The van der Waals surface area contributed by atoms with Crippen molar-refractivity contribution in [2.45, 2.75) is 25.9 Å². The number of aromatic nitrogens is 2. The molecule has 152 valence electrons. The molecule has 2 aromatic rings. The summed E-state index contributed by atoms with van der Waals surface area (Å²) in [6.07, 6.45) is 5.52. The molecule has 7 nitrogen and oxygen atoms in total. The van der Waals surface area contributed by atoms with Gasteiger partial charge in [0, 0.05) is 43.5 Å². The van der Waals surface area contributed by atoms with Crippen molar-refractivity contribution in [2.75, 3.05) is 18.4 Å². The second kappa shape index (κ2) is 11.6. The summed E-state index contributed by atoms with van der Waals surface area (Å²) in [5.41, 5.74) is 4.37. The number of hydrogen-bond acceptors (Lipinski definition) is 6. The van der Waals surface area contributed by atoms with Crippen molar-refractivity contribution in [3.63, 3.8) is 0 Å². The first kappa shape index (κ1) is 23.8. The van der Waals surface area contributed by atoms with Gasteiger partial charge >= 0.3 is 0 Å². The third-order valence-corrected chi connectivity index (χ3v) is 4.40. The fourth-order valence-electron chi connectivity index (χ4n) is 3.03. The monoisotopic (exact) mass is 425 g/mol. The Hall–Kier alpha value is -2.19. The van der Waals surface area contributed by atoms with Crippen LogP contribution >= 0.6 is 24.8 Å². The third kappa shape index (κ3) is 6.76. The maximum atomic E-state index is 11.0. The molecule has 1 aliphatic rings. The van der Waals surface area contributed by atoms with Gasteiger partial charge < -0.3 is 5.32 Å². The Morgan fingerprint density at radius 3 is 2.75 bits per heavy atom. The second-order valence-corrected chi connectivity index (χ2v) is 6.39. The number of anilines is 1. The van der Waals surface area contributed by atoms with Crippen molar-refractivity contribution in [1.82, 2.24) is 20.3 Å². The predicted octanol–water partition coefficient (Wildman–Crippen LogP) is 2.83. The van der Waals surface area contributed by atoms with E-state index in [9.17, 15) is 4.79 Å². The fraction of sp³-hybridized carbons (Fsp3) is 0.316. The number of nitrogens with zero attached hydrogens (tertiary/aromatic N) is 3. The zero-order chi connectivity index (χ0) is 18.4. The lowest BCUT2D eigenvalue weighted by Gasteiger charge is -2.17. The number of rotatable bonds is 6. The highest BCUT2D eigenvalue weighted by Gasteiger charge is 2.23. The molecule has 1 aromatic heterocycles. The van der Waals surface area contributed by atoms with Gasteiger partial charge in [-0.3, -0.25) is 14.9 Å². The molecule has 0 radical (unpaired) electrons. The van der Waals surface area contributed by atoms with Crippen LogP contribution in [0.2, 0.25) is 0 Å². The lowest BCUT2D eigenvalue weighted by molar-refractivity contribution is -0.124. The molecule has 1 saturated heterocycles. The van der Waals surface area contributed by atoms with Gasteiger partial charge in [0.1, 0.15) is 0 Å². The molecule has 0 spiro atoms. The minimum absolute atomic E-state index is 0. The topological polar surface area (TPSA) is 90.4 Å². The van der Waals surface area contributed by atoms with Crippen LogP contribution in [0.15, 0.2) is 42.6 Å². The van der Waals surface area contributed by atoms with Crippen molar-refractivity contribution < 1.29 is 10.0 Å². The van der Waals surface area contributed by atoms with Crippen molar-refractivity contribution in [2.24, 2.45) is 0 Å². The molecule has 28 heavy (non-hydrogen) atoms. The van der Waals surface area contributed by atoms with Crippen LogP contribution in [-0.2, 0) is 11.3 Å². The Morgan fingerprint density at radius 1 is 1.32 bits per heavy atom. The Labute approximate surface area is 177 Å². The summed E-state index contributed by atoms with van der Waals surface area (Å²) < 4.78 is 0. The Balaban J connectivity index is 0.00000196. The van der Waals surface area contributed by atoms with Crippen LogP contribution in [-0.4, -0.2) is 45.1 Å². The number of carbonyl (C=O) groups is 1. The van der Waals surface area contributed by atoms with Gasteiger partial charge in [-0.15, -0.1) is 24.8 Å². The number of hydroxylamine groups is 1. The van der Waals surface area contributed by atoms with Gasteiger partial charge in [0.2, 0.25) is 5.95 Å². The summed E-state index contributed by atoms with van der Waals surface area (Å²) in [6, 6.07) is 10.8. The normalized spacial score (nSPS) is 16.3. The highest BCUT2D eigenvalue weighted by atomic mass is 35.5. The molecule has 1 fully saturated rings. The molecule has 3 rings (SSSR count). The van der Waals surface area contributed by atoms with Gasteiger partial charge in [-0.25, -0.2) is 15.4 Å². The maximum Gasteiger partial charge on any atom is 0.267 e. The molecular weight excluding hydrogens is 401 g/mol. The van der Waals surface area contributed by atoms with E-state index in [1.165, 1.54) is 11.6 Å². The average molecular weight is 426 g/mol. The Kier molecular flexibility index (Phi) is 9.89. The SMILES string of the molecule is Cc1nc(NC2CCN(Cc3ccccc3)C2)ncc1/C=C/C(=O)NO.Cl.Cl. The molecule has 0 saturated carbocycles. The van der Waals surface area contributed by atoms with E-state index in [0.29, 0.717) is 12.0 Å². The molecule has 1 aromatic carbocycles. The van der Waals surface area contributed by atoms with E-state index in [4.69, 9.17) is 5.21 Å². The summed E-state index contributed by atoms with van der Waals surface area (Å²) in [5, 5.41) is 11.9. The molecule has 3 N–H and O–H groups in total. The first-order chi connectivity index (χ1) is 12.6. The van der Waals surface area contributed by atoms with Crippen LogP contribution in [0.1, 0.15) is 23.2 Å². The summed E-state index contributed by atoms with van der Waals surface area (Å²) >= 11 is 0. The molecule has 1 unspecified atom stereocenters. The highest BCUT2D eigenvalue weighted by Crippen LogP contribution is 2.17. The number of aryl methyl sites for hydroxylation is 1. The van der Waals surface area contributed by atoms with Crippen molar-refractivity contribution >= 4 is 42.7 Å². The highest BCUT2D eigenvalue weighted by molar-refractivity contribution is 5.90. The molecule has 1 amide bonds. The van der Waals surface area contributed by atoms with Crippen LogP contribution in [0.25, 0.3) is 6.08 Å². The summed E-state index contributed by atoms with van der Waals surface area (Å²) in [5.74, 6) is 0.00823. The minimum atomic E-state index is -0.587. The molecular formula is C19H25Cl2N5O2. The second-order valence-electron chi connectivity index (χ2n) is 6.39. The zero-order valence-corrected chi connectivity index (χ0v) is 17.2. The van der Waals surface area contributed by atoms with E-state index in [-0.39, 0.29) is 24.8 Å². The Bertz CT molecular complexity index is 789. The molecule has 0 bridgehead atoms. The average Bonchev–Trinajstić information content (AvgIpc) is 3.08. The van der Waals surface area contributed by atoms with Crippen molar-refractivity contribution in [1.29, 1.82) is 0 Å². The van der Waals surface area contributed by atoms with Gasteiger partial charge in [0.25, 0.3) is 5.91 Å². The van der Waals surface area contributed by atoms with Crippen LogP contribution in [0.4, 0.5) is 5.95 Å². The lowest BCUT2D eigenvalue weighted by atomic mass is 10.2. The van der Waals surface area contributed by atoms with E-state index < -0.39 is 5.91 Å². The number of nitrogens with one attached hydrogen (secondary N) is 2. The van der Waals surface area contributed by atoms with E-state index >= 15 is 0 Å². The minimum Gasteiger partial charge on any atom is -0.350 e. The maximum absolute atomic E-state index is 11.0. The van der Waals surface area contributed by atoms with Gasteiger partial charge in [-0.05, 0) is 25.0 Å². The first-order valence-electron chi connectivity index (χ1n) is 8.62. The van der Waals surface area contributed by atoms with Crippen molar-refractivity contribution in [3.8, 4) is 0 Å². The number of carbonyl (C=O) groups excluding carboxylic acids is 1. The number of benzene rings is 1. The lowest BCUT2D eigenvalue weighted by Crippen LogP contribution is -2.26. The van der Waals surface area contributed by atoms with Crippen LogP contribution in [0, 0.1) is 6.92 Å². The van der Waals surface area contributed by atoms with Crippen LogP contribution < -0.4 is 10.8 Å². The number of hydrogen-bond donors (Lipinski definition) is 3. The number of likely N-dealkylation sites (tertiary alicyclic amines) is 1. The quantitative estimate of drug-likeness (QED) is 0.374. The molecule has 1 aliphatic heterocycles. The molecule has 0 aliphatic carbocycles. The van der Waals surface area contributed by atoms with Gasteiger partial charge in [-0.1, -0.05) is 30.3 Å². The number of halogens is 2. The Morgan fingerprint density at radius 2 is 2.07 bits per heavy atom. The smallest absolute Gasteiger partial charge is 0.267 e. The summed E-state index contributed by atoms with van der Waals surface area (Å²) in [7, 11) is 0. The van der Waals surface area contributed by atoms with Crippen LogP contribution in [0.5, 0.6) is 0 Å². The van der Waals surface area contributed by atoms with Gasteiger partial charge in [0.15, 0.2) is 0 Å². The fourth-order valence-corrected chi connectivity index (χ4v) is 3.03. The van der Waals surface area contributed by atoms with E-state index in [1.54, 1.807) is 17.8 Å². The summed E-state index contributed by atoms with van der Waals surface area (Å²) in [4.78, 5) is 22.3. The predicted molar refractivity (Wildman–Crippen MR) is 114 cm³/mol. The van der Waals surface area contributed by atoms with E-state index in [1.807, 2.05) is 13.0 Å². The molecule has 2 heterocycles. The molecule has 1 atom stereocenters. The third-order valence-electron chi connectivity index (χ3n) is 4.40. The summed E-state index contributed by atoms with van der Waals surface area (Å²) in [6.45, 7) is 4.81. The largest absolute Gasteiger partial charge is 0.350 e. The van der Waals surface area contributed by atoms with Crippen molar-refractivity contribution in [3.05, 3.63) is 59.4 Å². The molecule has 9 heteroatoms. The first-order valence-corrected chi connectivity index (χ1v) is 8.62. The van der Waals surface area contributed by atoms with Gasteiger partial charge in [-0.2, -0.15) is 0 Å². The van der Waals surface area contributed by atoms with E-state index in [0.717, 1.165) is 37.3 Å². The van der Waals surface area contributed by atoms with Crippen LogP contribution in [0.3, 0.4) is 0 Å². The standard InChI is InChI=1S/C19H23N5O2.2ClH/c1-14-16(7-8-18(25)23-26)11-20-19(21-14)22-17-9-10-24(13-17)12-15-5-3-2-4-6-15;;/h2-8,11,17,26H,9-10,12-13H2,1H3,(H,23,25)(H,20,21,22);2*1H/b8-7+;;. The zero-order valence-electron chi connectivity index (χ0n) is 15.5. The van der Waals surface area contributed by atoms with E-state index in [2.05, 4.69) is 44.5 Å².